The Balaban J connectivity index is 1.36. The normalized spacial score (nSPS) is 24.3. The van der Waals surface area contributed by atoms with Crippen molar-refractivity contribution in [3.8, 4) is 17.2 Å². The predicted molar refractivity (Wildman–Crippen MR) is 169 cm³/mol. The first-order chi connectivity index (χ1) is 21.9. The fourth-order valence-corrected chi connectivity index (χ4v) is 5.85. The molecule has 3 aromatic rings. The molecule has 2 heterocycles. The van der Waals surface area contributed by atoms with Crippen LogP contribution in [0.4, 0.5) is 0 Å². The van der Waals surface area contributed by atoms with Gasteiger partial charge in [0, 0.05) is 12.3 Å². The summed E-state index contributed by atoms with van der Waals surface area (Å²) in [7, 11) is 4.98. The highest BCUT2D eigenvalue weighted by atomic mass is 16.7. The van der Waals surface area contributed by atoms with Crippen molar-refractivity contribution in [2.75, 3.05) is 41.2 Å². The molecule has 2 aliphatic rings. The molecule has 0 radical (unpaired) electrons. The van der Waals surface area contributed by atoms with Crippen molar-refractivity contribution in [2.24, 2.45) is 5.92 Å². The van der Waals surface area contributed by atoms with Crippen LogP contribution in [-0.2, 0) is 48.2 Å². The summed E-state index contributed by atoms with van der Waals surface area (Å²) in [6.07, 6.45) is -0.719. The lowest BCUT2D eigenvalue weighted by Crippen LogP contribution is -2.58. The summed E-state index contributed by atoms with van der Waals surface area (Å²) < 4.78 is 54.4. The molecule has 0 aliphatic carbocycles. The van der Waals surface area contributed by atoms with Crippen molar-refractivity contribution in [1.82, 2.24) is 0 Å². The molecule has 0 N–H and O–H groups in total. The number of methoxy groups -OCH3 is 3. The Kier molecular flexibility index (Phi) is 11.7. The standard InChI is InChI=1S/C36H46O9/c1-25-32(20-36(2)43-18-19-44-36)45-33(24-40-21-26-6-12-29(37-3)13-7-26)35(42-23-28-10-16-31(39-5)17-11-28)34(25)41-22-27-8-14-30(38-4)15-9-27/h6-17,25,32-35H,18-24H2,1-5H3/t25-,32-,33+,34+,35+/m0/s1. The third-order valence-electron chi connectivity index (χ3n) is 8.53. The van der Waals surface area contributed by atoms with Gasteiger partial charge < -0.3 is 42.6 Å². The minimum atomic E-state index is -0.718. The van der Waals surface area contributed by atoms with Crippen molar-refractivity contribution in [1.29, 1.82) is 0 Å². The smallest absolute Gasteiger partial charge is 0.168 e. The molecule has 9 nitrogen and oxygen atoms in total. The van der Waals surface area contributed by atoms with Gasteiger partial charge in [-0.3, -0.25) is 0 Å². The Morgan fingerprint density at radius 2 is 1.07 bits per heavy atom. The summed E-state index contributed by atoms with van der Waals surface area (Å²) in [6.45, 7) is 6.81. The molecule has 0 aromatic heterocycles. The van der Waals surface area contributed by atoms with Crippen LogP contribution in [0.25, 0.3) is 0 Å². The fourth-order valence-electron chi connectivity index (χ4n) is 5.85. The van der Waals surface area contributed by atoms with E-state index in [1.54, 1.807) is 21.3 Å². The van der Waals surface area contributed by atoms with Crippen LogP contribution >= 0.6 is 0 Å². The zero-order valence-electron chi connectivity index (χ0n) is 26.9. The van der Waals surface area contributed by atoms with Crippen molar-refractivity contribution < 1.29 is 42.6 Å². The Hall–Kier alpha value is -3.18. The number of hydrogen-bond donors (Lipinski definition) is 0. The number of hydrogen-bond acceptors (Lipinski definition) is 9. The highest BCUT2D eigenvalue weighted by molar-refractivity contribution is 5.28. The van der Waals surface area contributed by atoms with Crippen molar-refractivity contribution in [3.63, 3.8) is 0 Å². The summed E-state index contributed by atoms with van der Waals surface area (Å²) in [5.41, 5.74) is 3.11. The van der Waals surface area contributed by atoms with Crippen LogP contribution < -0.4 is 14.2 Å². The Morgan fingerprint density at radius 3 is 1.53 bits per heavy atom. The van der Waals surface area contributed by atoms with Crippen molar-refractivity contribution >= 4 is 0 Å². The predicted octanol–water partition coefficient (Wildman–Crippen LogP) is 5.96. The molecule has 244 valence electrons. The van der Waals surface area contributed by atoms with Gasteiger partial charge in [0.15, 0.2) is 5.79 Å². The maximum absolute atomic E-state index is 6.80. The van der Waals surface area contributed by atoms with Crippen LogP contribution in [0.1, 0.15) is 37.0 Å². The number of ether oxygens (including phenoxy) is 9. The van der Waals surface area contributed by atoms with Crippen LogP contribution in [0, 0.1) is 5.92 Å². The van der Waals surface area contributed by atoms with E-state index in [1.165, 1.54) is 0 Å². The summed E-state index contributed by atoms with van der Waals surface area (Å²) in [5.74, 6) is 1.67. The molecule has 0 unspecified atom stereocenters. The third-order valence-corrected chi connectivity index (χ3v) is 8.53. The van der Waals surface area contributed by atoms with E-state index in [2.05, 4.69) is 6.92 Å². The summed E-state index contributed by atoms with van der Waals surface area (Å²) in [6, 6.07) is 23.7. The lowest BCUT2D eigenvalue weighted by molar-refractivity contribution is -0.262. The largest absolute Gasteiger partial charge is 0.497 e. The van der Waals surface area contributed by atoms with E-state index in [0.29, 0.717) is 46.1 Å². The zero-order valence-corrected chi connectivity index (χ0v) is 26.9. The molecule has 2 fully saturated rings. The maximum Gasteiger partial charge on any atom is 0.168 e. The average Bonchev–Trinajstić information content (AvgIpc) is 3.51. The van der Waals surface area contributed by atoms with E-state index in [1.807, 2.05) is 79.7 Å². The summed E-state index contributed by atoms with van der Waals surface area (Å²) in [5, 5.41) is 0. The molecule has 9 heteroatoms. The van der Waals surface area contributed by atoms with Crippen LogP contribution in [0.2, 0.25) is 0 Å². The molecule has 0 bridgehead atoms. The second kappa shape index (κ2) is 15.9. The monoisotopic (exact) mass is 622 g/mol. The van der Waals surface area contributed by atoms with Gasteiger partial charge >= 0.3 is 0 Å². The molecule has 0 spiro atoms. The fraction of sp³-hybridized carbons (Fsp3) is 0.500. The quantitative estimate of drug-likeness (QED) is 0.204. The van der Waals surface area contributed by atoms with Gasteiger partial charge in [0.1, 0.15) is 29.5 Å². The molecule has 5 atom stereocenters. The van der Waals surface area contributed by atoms with E-state index >= 15 is 0 Å². The number of rotatable bonds is 15. The van der Waals surface area contributed by atoms with Crippen molar-refractivity contribution in [2.45, 2.75) is 70.3 Å². The van der Waals surface area contributed by atoms with E-state index in [9.17, 15) is 0 Å². The maximum atomic E-state index is 6.80. The third kappa shape index (κ3) is 8.97. The van der Waals surface area contributed by atoms with Gasteiger partial charge in [-0.2, -0.15) is 0 Å². The first-order valence-corrected chi connectivity index (χ1v) is 15.5. The molecule has 2 aliphatic heterocycles. The molecule has 2 saturated heterocycles. The second-order valence-corrected chi connectivity index (χ2v) is 11.7. The van der Waals surface area contributed by atoms with Gasteiger partial charge in [-0.15, -0.1) is 0 Å². The Morgan fingerprint density at radius 1 is 0.622 bits per heavy atom. The van der Waals surface area contributed by atoms with Crippen LogP contribution in [0.15, 0.2) is 72.8 Å². The minimum absolute atomic E-state index is 0.0217. The lowest BCUT2D eigenvalue weighted by atomic mass is 9.84. The van der Waals surface area contributed by atoms with E-state index in [-0.39, 0.29) is 18.1 Å². The second-order valence-electron chi connectivity index (χ2n) is 11.7. The van der Waals surface area contributed by atoms with Gasteiger partial charge in [0.05, 0.1) is 73.2 Å². The van der Waals surface area contributed by atoms with Gasteiger partial charge in [-0.05, 0) is 60.0 Å². The first kappa shape index (κ1) is 33.2. The highest BCUT2D eigenvalue weighted by Crippen LogP contribution is 2.37. The van der Waals surface area contributed by atoms with E-state index in [0.717, 1.165) is 33.9 Å². The Bertz CT molecular complexity index is 1290. The van der Waals surface area contributed by atoms with Crippen LogP contribution in [0.3, 0.4) is 0 Å². The zero-order chi connectivity index (χ0) is 31.6. The molecular weight excluding hydrogens is 576 g/mol. The molecular formula is C36H46O9. The average molecular weight is 623 g/mol. The Labute approximate surface area is 266 Å². The van der Waals surface area contributed by atoms with Crippen LogP contribution in [-0.4, -0.2) is 71.4 Å². The molecule has 0 saturated carbocycles. The van der Waals surface area contributed by atoms with E-state index in [4.69, 9.17) is 42.6 Å². The highest BCUT2D eigenvalue weighted by Gasteiger charge is 2.48. The lowest BCUT2D eigenvalue weighted by Gasteiger charge is -2.47. The van der Waals surface area contributed by atoms with Crippen molar-refractivity contribution in [3.05, 3.63) is 89.5 Å². The molecule has 45 heavy (non-hydrogen) atoms. The van der Waals surface area contributed by atoms with Gasteiger partial charge in [0.2, 0.25) is 0 Å². The molecule has 3 aromatic carbocycles. The number of benzene rings is 3. The van der Waals surface area contributed by atoms with Gasteiger partial charge in [0.25, 0.3) is 0 Å². The van der Waals surface area contributed by atoms with Crippen LogP contribution in [0.5, 0.6) is 17.2 Å². The van der Waals surface area contributed by atoms with Gasteiger partial charge in [-0.25, -0.2) is 0 Å². The minimum Gasteiger partial charge on any atom is -0.497 e. The van der Waals surface area contributed by atoms with E-state index < -0.39 is 18.0 Å². The topological polar surface area (TPSA) is 83.1 Å². The SMILES string of the molecule is COc1ccc(COC[C@H]2O[C@@H](CC3(C)OCCO3)[C@H](C)[C@@H](OCc3ccc(OC)cc3)[C@@H]2OCc2ccc(OC)cc2)cc1. The molecule has 0 amide bonds. The van der Waals surface area contributed by atoms with Gasteiger partial charge in [-0.1, -0.05) is 43.3 Å². The first-order valence-electron chi connectivity index (χ1n) is 15.5. The molecule has 5 rings (SSSR count). The summed E-state index contributed by atoms with van der Waals surface area (Å²) >= 11 is 0. The summed E-state index contributed by atoms with van der Waals surface area (Å²) in [4.78, 5) is 0.